The van der Waals surface area contributed by atoms with Crippen LogP contribution in [-0.4, -0.2) is 39.1 Å². The lowest BCUT2D eigenvalue weighted by Crippen LogP contribution is -2.47. The Balaban J connectivity index is 1.89. The monoisotopic (exact) mass is 387 g/mol. The predicted molar refractivity (Wildman–Crippen MR) is 93.3 cm³/mol. The lowest BCUT2D eigenvalue weighted by Gasteiger charge is -2.30. The van der Waals surface area contributed by atoms with Crippen molar-refractivity contribution in [1.29, 1.82) is 0 Å². The Morgan fingerprint density at radius 2 is 2.08 bits per heavy atom. The second-order valence-electron chi connectivity index (χ2n) is 6.86. The molecule has 1 saturated carbocycles. The number of fused-ring (bicyclic) bond motifs is 1. The number of halogens is 3. The maximum atomic E-state index is 12.9. The number of thiophene rings is 1. The highest BCUT2D eigenvalue weighted by Crippen LogP contribution is 2.36. The van der Waals surface area contributed by atoms with Gasteiger partial charge in [-0.3, -0.25) is 14.2 Å². The summed E-state index contributed by atoms with van der Waals surface area (Å²) in [5.41, 5.74) is 0.402. The molecule has 3 rings (SSSR count). The minimum absolute atomic E-state index is 0.0976. The van der Waals surface area contributed by atoms with E-state index in [2.05, 4.69) is 4.98 Å². The van der Waals surface area contributed by atoms with E-state index < -0.39 is 36.8 Å². The molecule has 2 aromatic rings. The molecule has 0 saturated heterocycles. The van der Waals surface area contributed by atoms with Crippen molar-refractivity contribution in [2.75, 3.05) is 6.54 Å². The van der Waals surface area contributed by atoms with Crippen molar-refractivity contribution in [2.45, 2.75) is 52.4 Å². The molecule has 1 fully saturated rings. The Labute approximate surface area is 152 Å². The van der Waals surface area contributed by atoms with Crippen molar-refractivity contribution in [2.24, 2.45) is 5.92 Å². The first-order valence-electron chi connectivity index (χ1n) is 8.40. The van der Waals surface area contributed by atoms with Crippen molar-refractivity contribution >= 4 is 27.5 Å². The zero-order valence-electron chi connectivity index (χ0n) is 14.8. The van der Waals surface area contributed by atoms with E-state index in [-0.39, 0.29) is 5.92 Å². The predicted octanol–water partition coefficient (Wildman–Crippen LogP) is 3.26. The van der Waals surface area contributed by atoms with E-state index in [1.807, 2.05) is 6.92 Å². The summed E-state index contributed by atoms with van der Waals surface area (Å²) < 4.78 is 39.9. The molecule has 0 bridgehead atoms. The molecule has 0 aromatic carbocycles. The molecule has 1 aliphatic rings. The number of nitrogens with zero attached hydrogens (tertiary/aromatic N) is 3. The average Bonchev–Trinajstić information content (AvgIpc) is 3.34. The summed E-state index contributed by atoms with van der Waals surface area (Å²) in [5, 5.41) is 0.431. The number of amides is 1. The lowest BCUT2D eigenvalue weighted by molar-refractivity contribution is -0.166. The largest absolute Gasteiger partial charge is 0.406 e. The van der Waals surface area contributed by atoms with Crippen LogP contribution in [0.15, 0.2) is 11.1 Å². The molecule has 1 atom stereocenters. The van der Waals surface area contributed by atoms with Crippen LogP contribution in [0.25, 0.3) is 10.2 Å². The average molecular weight is 387 g/mol. The van der Waals surface area contributed by atoms with Gasteiger partial charge in [0.25, 0.3) is 5.56 Å². The van der Waals surface area contributed by atoms with Gasteiger partial charge in [-0.25, -0.2) is 4.98 Å². The molecule has 0 radical (unpaired) electrons. The summed E-state index contributed by atoms with van der Waals surface area (Å²) in [6.07, 6.45) is -1.59. The van der Waals surface area contributed by atoms with E-state index in [1.165, 1.54) is 17.7 Å². The normalized spacial score (nSPS) is 16.1. The van der Waals surface area contributed by atoms with E-state index >= 15 is 0 Å². The molecular weight excluding hydrogens is 367 g/mol. The van der Waals surface area contributed by atoms with Crippen LogP contribution in [0.4, 0.5) is 13.2 Å². The highest BCUT2D eigenvalue weighted by atomic mass is 32.1. The van der Waals surface area contributed by atoms with Crippen molar-refractivity contribution in [3.8, 4) is 0 Å². The molecule has 5 nitrogen and oxygen atoms in total. The van der Waals surface area contributed by atoms with Gasteiger partial charge < -0.3 is 4.90 Å². The second kappa shape index (κ2) is 6.68. The first-order chi connectivity index (χ1) is 12.1. The smallest absolute Gasteiger partial charge is 0.329 e. The summed E-state index contributed by atoms with van der Waals surface area (Å²) >= 11 is 1.38. The first kappa shape index (κ1) is 18.9. The van der Waals surface area contributed by atoms with Crippen molar-refractivity contribution in [3.05, 3.63) is 27.1 Å². The number of aryl methyl sites for hydroxylation is 2. The standard InChI is InChI=1S/C17H20F3N3O2S/c1-9-11(3)26-15-14(9)16(25)22(8-21-15)6-13(24)23(7-17(18,19)20)10(2)12-4-5-12/h8,10,12H,4-7H2,1-3H3/t10-/m1/s1. The van der Waals surface area contributed by atoms with Gasteiger partial charge in [-0.15, -0.1) is 11.3 Å². The third kappa shape index (κ3) is 3.77. The van der Waals surface area contributed by atoms with Gasteiger partial charge in [-0.05, 0) is 45.1 Å². The number of hydrogen-bond donors (Lipinski definition) is 0. The second-order valence-corrected chi connectivity index (χ2v) is 8.06. The lowest BCUT2D eigenvalue weighted by atomic mass is 10.1. The Kier molecular flexibility index (Phi) is 4.85. The van der Waals surface area contributed by atoms with Gasteiger partial charge in [0, 0.05) is 10.9 Å². The molecule has 1 aliphatic carbocycles. The van der Waals surface area contributed by atoms with E-state index in [0.717, 1.165) is 32.7 Å². The molecule has 0 unspecified atom stereocenters. The van der Waals surface area contributed by atoms with Gasteiger partial charge in [0.1, 0.15) is 17.9 Å². The van der Waals surface area contributed by atoms with E-state index in [0.29, 0.717) is 10.2 Å². The SMILES string of the molecule is Cc1sc2ncn(CC(=O)N(CC(F)(F)F)[C@H](C)C3CC3)c(=O)c2c1C. The molecule has 26 heavy (non-hydrogen) atoms. The fraction of sp³-hybridized carbons (Fsp3) is 0.588. The van der Waals surface area contributed by atoms with E-state index in [9.17, 15) is 22.8 Å². The van der Waals surface area contributed by atoms with Gasteiger partial charge in [-0.2, -0.15) is 13.2 Å². The van der Waals surface area contributed by atoms with Crippen LogP contribution in [0.2, 0.25) is 0 Å². The van der Waals surface area contributed by atoms with Crippen LogP contribution in [0.1, 0.15) is 30.2 Å². The number of hydrogen-bond acceptors (Lipinski definition) is 4. The molecule has 0 aliphatic heterocycles. The van der Waals surface area contributed by atoms with Crippen LogP contribution in [0.5, 0.6) is 0 Å². The zero-order valence-corrected chi connectivity index (χ0v) is 15.6. The number of aromatic nitrogens is 2. The minimum Gasteiger partial charge on any atom is -0.329 e. The highest BCUT2D eigenvalue weighted by Gasteiger charge is 2.40. The third-order valence-electron chi connectivity index (χ3n) is 4.93. The quantitative estimate of drug-likeness (QED) is 0.791. The molecule has 1 amide bonds. The minimum atomic E-state index is -4.48. The Morgan fingerprint density at radius 1 is 1.42 bits per heavy atom. The first-order valence-corrected chi connectivity index (χ1v) is 9.21. The van der Waals surface area contributed by atoms with Crippen LogP contribution >= 0.6 is 11.3 Å². The fourth-order valence-corrected chi connectivity index (χ4v) is 4.09. The van der Waals surface area contributed by atoms with Crippen molar-refractivity contribution < 1.29 is 18.0 Å². The van der Waals surface area contributed by atoms with Crippen molar-refractivity contribution in [3.63, 3.8) is 0 Å². The summed E-state index contributed by atoms with van der Waals surface area (Å²) in [7, 11) is 0. The topological polar surface area (TPSA) is 55.2 Å². The highest BCUT2D eigenvalue weighted by molar-refractivity contribution is 7.18. The summed E-state index contributed by atoms with van der Waals surface area (Å²) in [6, 6.07) is -0.498. The zero-order chi connectivity index (χ0) is 19.2. The summed E-state index contributed by atoms with van der Waals surface area (Å²) in [6.45, 7) is 3.57. The number of rotatable bonds is 5. The number of carbonyl (C=O) groups is 1. The van der Waals surface area contributed by atoms with Crippen molar-refractivity contribution in [1.82, 2.24) is 14.5 Å². The number of alkyl halides is 3. The Morgan fingerprint density at radius 3 is 2.65 bits per heavy atom. The Hall–Kier alpha value is -1.90. The van der Waals surface area contributed by atoms with E-state index in [1.54, 1.807) is 13.8 Å². The molecule has 2 heterocycles. The Bertz CT molecular complexity index is 899. The molecule has 142 valence electrons. The van der Waals surface area contributed by atoms with Gasteiger partial charge in [0.05, 0.1) is 11.7 Å². The van der Waals surface area contributed by atoms with Crippen LogP contribution in [-0.2, 0) is 11.3 Å². The third-order valence-corrected chi connectivity index (χ3v) is 6.04. The van der Waals surface area contributed by atoms with Gasteiger partial charge in [-0.1, -0.05) is 0 Å². The summed E-state index contributed by atoms with van der Waals surface area (Å²) in [5.74, 6) is -0.616. The summed E-state index contributed by atoms with van der Waals surface area (Å²) in [4.78, 5) is 31.8. The maximum Gasteiger partial charge on any atom is 0.406 e. The van der Waals surface area contributed by atoms with Gasteiger partial charge in [0.15, 0.2) is 0 Å². The van der Waals surface area contributed by atoms with Crippen LogP contribution in [0, 0.1) is 19.8 Å². The van der Waals surface area contributed by atoms with Crippen LogP contribution < -0.4 is 5.56 Å². The van der Waals surface area contributed by atoms with Crippen LogP contribution in [0.3, 0.4) is 0 Å². The van der Waals surface area contributed by atoms with Gasteiger partial charge in [0.2, 0.25) is 5.91 Å². The number of carbonyl (C=O) groups excluding carboxylic acids is 1. The molecule has 2 aromatic heterocycles. The fourth-order valence-electron chi connectivity index (χ4n) is 3.10. The maximum absolute atomic E-state index is 12.9. The molecular formula is C17H20F3N3O2S. The molecule has 9 heteroatoms. The molecule has 0 N–H and O–H groups in total. The van der Waals surface area contributed by atoms with Gasteiger partial charge >= 0.3 is 6.18 Å². The molecule has 0 spiro atoms. The van der Waals surface area contributed by atoms with E-state index in [4.69, 9.17) is 0 Å².